The number of nitrogens with zero attached hydrogens (tertiary/aromatic N) is 2. The Hall–Kier alpha value is -1.43. The van der Waals surface area contributed by atoms with Gasteiger partial charge in [0, 0.05) is 26.2 Å². The second-order valence-electron chi connectivity index (χ2n) is 7.03. The molecule has 0 saturated carbocycles. The van der Waals surface area contributed by atoms with Crippen LogP contribution in [0.3, 0.4) is 0 Å². The van der Waals surface area contributed by atoms with Crippen molar-refractivity contribution in [3.63, 3.8) is 0 Å². The highest BCUT2D eigenvalue weighted by Crippen LogP contribution is 2.13. The summed E-state index contributed by atoms with van der Waals surface area (Å²) in [6.07, 6.45) is 4.93. The van der Waals surface area contributed by atoms with Crippen molar-refractivity contribution in [2.24, 2.45) is 0 Å². The zero-order valence-corrected chi connectivity index (χ0v) is 15.1. The molecule has 2 fully saturated rings. The summed E-state index contributed by atoms with van der Waals surface area (Å²) in [5.41, 5.74) is 1.09. The molecule has 5 heteroatoms. The highest BCUT2D eigenvalue weighted by atomic mass is 16.5. The monoisotopic (exact) mass is 346 g/mol. The van der Waals surface area contributed by atoms with Crippen molar-refractivity contribution in [2.75, 3.05) is 45.9 Å². The summed E-state index contributed by atoms with van der Waals surface area (Å²) in [4.78, 5) is 16.9. The molecule has 0 bridgehead atoms. The summed E-state index contributed by atoms with van der Waals surface area (Å²) in [6.45, 7) is 6.08. The molecule has 1 aromatic carbocycles. The third-order valence-electron chi connectivity index (χ3n) is 4.95. The van der Waals surface area contributed by atoms with Gasteiger partial charge in [-0.1, -0.05) is 36.8 Å². The molecule has 0 aliphatic carbocycles. The lowest BCUT2D eigenvalue weighted by atomic mass is 10.1. The van der Waals surface area contributed by atoms with Crippen LogP contribution in [0.15, 0.2) is 30.3 Å². The van der Waals surface area contributed by atoms with Crippen molar-refractivity contribution in [3.8, 4) is 0 Å². The van der Waals surface area contributed by atoms with Gasteiger partial charge in [0.1, 0.15) is 6.61 Å². The Labute approximate surface area is 150 Å². The quantitative estimate of drug-likeness (QED) is 0.793. The van der Waals surface area contributed by atoms with Crippen LogP contribution in [0.25, 0.3) is 0 Å². The van der Waals surface area contributed by atoms with Crippen molar-refractivity contribution in [1.82, 2.24) is 9.80 Å². The van der Waals surface area contributed by atoms with Crippen molar-refractivity contribution in [3.05, 3.63) is 35.9 Å². The topological polar surface area (TPSA) is 42.0 Å². The molecule has 0 N–H and O–H groups in total. The van der Waals surface area contributed by atoms with Gasteiger partial charge in [-0.2, -0.15) is 0 Å². The first-order valence-corrected chi connectivity index (χ1v) is 9.54. The minimum absolute atomic E-state index is 0.0741. The van der Waals surface area contributed by atoms with Crippen LogP contribution < -0.4 is 0 Å². The molecule has 3 rings (SSSR count). The molecule has 0 unspecified atom stereocenters. The smallest absolute Gasteiger partial charge is 0.248 e. The molecule has 2 saturated heterocycles. The van der Waals surface area contributed by atoms with Crippen molar-refractivity contribution < 1.29 is 14.3 Å². The van der Waals surface area contributed by atoms with Crippen LogP contribution in [0.5, 0.6) is 0 Å². The number of likely N-dealkylation sites (tertiary alicyclic amines) is 1. The van der Waals surface area contributed by atoms with E-state index < -0.39 is 0 Å². The van der Waals surface area contributed by atoms with Gasteiger partial charge >= 0.3 is 0 Å². The summed E-state index contributed by atoms with van der Waals surface area (Å²) in [5.74, 6) is 0.0741. The van der Waals surface area contributed by atoms with E-state index in [9.17, 15) is 4.79 Å². The Kier molecular flexibility index (Phi) is 7.27. The standard InChI is InChI=1S/C20H30N2O3/c23-20(17-24-16-18-8-3-1-4-9-18)22-12-7-13-25-19(15-22)14-21-10-5-2-6-11-21/h1,3-4,8-9,19H,2,5-7,10-17H2/t19-/m0/s1. The molecule has 0 aromatic heterocycles. The molecule has 25 heavy (non-hydrogen) atoms. The molecule has 1 amide bonds. The fourth-order valence-corrected chi connectivity index (χ4v) is 3.58. The maximum absolute atomic E-state index is 12.5. The lowest BCUT2D eigenvalue weighted by Gasteiger charge is -2.31. The molecule has 0 spiro atoms. The van der Waals surface area contributed by atoms with E-state index in [4.69, 9.17) is 9.47 Å². The fraction of sp³-hybridized carbons (Fsp3) is 0.650. The number of amides is 1. The van der Waals surface area contributed by atoms with Crippen molar-refractivity contribution in [2.45, 2.75) is 38.4 Å². The van der Waals surface area contributed by atoms with Gasteiger partial charge in [0.15, 0.2) is 0 Å². The summed E-state index contributed by atoms with van der Waals surface area (Å²) >= 11 is 0. The van der Waals surface area contributed by atoms with Crippen LogP contribution >= 0.6 is 0 Å². The molecule has 1 aromatic rings. The summed E-state index contributed by atoms with van der Waals surface area (Å²) < 4.78 is 11.6. The third-order valence-corrected chi connectivity index (χ3v) is 4.95. The number of hydrogen-bond acceptors (Lipinski definition) is 4. The van der Waals surface area contributed by atoms with Crippen LogP contribution in [0.1, 0.15) is 31.2 Å². The minimum Gasteiger partial charge on any atom is -0.375 e. The third kappa shape index (κ3) is 6.10. The van der Waals surface area contributed by atoms with Crippen LogP contribution in [0.4, 0.5) is 0 Å². The zero-order chi connectivity index (χ0) is 17.3. The number of piperidine rings is 1. The van der Waals surface area contributed by atoms with E-state index in [1.165, 1.54) is 19.3 Å². The first-order chi connectivity index (χ1) is 12.3. The number of benzene rings is 1. The van der Waals surface area contributed by atoms with E-state index in [2.05, 4.69) is 4.90 Å². The van der Waals surface area contributed by atoms with Crippen LogP contribution in [-0.2, 0) is 20.9 Å². The first-order valence-electron chi connectivity index (χ1n) is 9.54. The molecule has 5 nitrogen and oxygen atoms in total. The van der Waals surface area contributed by atoms with E-state index in [1.54, 1.807) is 0 Å². The van der Waals surface area contributed by atoms with Crippen molar-refractivity contribution in [1.29, 1.82) is 0 Å². The van der Waals surface area contributed by atoms with Crippen LogP contribution in [0.2, 0.25) is 0 Å². The number of carbonyl (C=O) groups excluding carboxylic acids is 1. The van der Waals surface area contributed by atoms with E-state index in [-0.39, 0.29) is 18.6 Å². The fourth-order valence-electron chi connectivity index (χ4n) is 3.58. The first kappa shape index (κ1) is 18.4. The van der Waals surface area contributed by atoms with E-state index in [0.717, 1.165) is 44.8 Å². The molecule has 2 heterocycles. The zero-order valence-electron chi connectivity index (χ0n) is 15.1. The predicted molar refractivity (Wildman–Crippen MR) is 97.3 cm³/mol. The number of ether oxygens (including phenoxy) is 2. The van der Waals surface area contributed by atoms with Gasteiger partial charge in [0.05, 0.1) is 12.7 Å². The van der Waals surface area contributed by atoms with Gasteiger partial charge < -0.3 is 19.3 Å². The summed E-state index contributed by atoms with van der Waals surface area (Å²) in [5, 5.41) is 0. The lowest BCUT2D eigenvalue weighted by Crippen LogP contribution is -2.44. The molecule has 1 atom stereocenters. The van der Waals surface area contributed by atoms with Gasteiger partial charge in [0.2, 0.25) is 5.91 Å². The maximum atomic E-state index is 12.5. The molecule has 138 valence electrons. The Morgan fingerprint density at radius 2 is 1.88 bits per heavy atom. The predicted octanol–water partition coefficient (Wildman–Crippen LogP) is 2.31. The molecule has 0 radical (unpaired) electrons. The Morgan fingerprint density at radius 1 is 1.08 bits per heavy atom. The maximum Gasteiger partial charge on any atom is 0.248 e. The molecular formula is C20H30N2O3. The summed E-state index contributed by atoms with van der Waals surface area (Å²) in [6, 6.07) is 9.97. The van der Waals surface area contributed by atoms with E-state index in [0.29, 0.717) is 13.2 Å². The second-order valence-corrected chi connectivity index (χ2v) is 7.03. The molecular weight excluding hydrogens is 316 g/mol. The Morgan fingerprint density at radius 3 is 2.68 bits per heavy atom. The average Bonchev–Trinajstić information content (AvgIpc) is 2.89. The largest absolute Gasteiger partial charge is 0.375 e. The minimum atomic E-state index is 0.0741. The van der Waals surface area contributed by atoms with E-state index >= 15 is 0 Å². The van der Waals surface area contributed by atoms with Crippen LogP contribution in [0, 0.1) is 0 Å². The van der Waals surface area contributed by atoms with Gasteiger partial charge in [-0.05, 0) is 37.9 Å². The Bertz CT molecular complexity index is 517. The highest BCUT2D eigenvalue weighted by molar-refractivity contribution is 5.77. The van der Waals surface area contributed by atoms with Gasteiger partial charge in [-0.25, -0.2) is 0 Å². The van der Waals surface area contributed by atoms with Gasteiger partial charge in [0.25, 0.3) is 0 Å². The second kappa shape index (κ2) is 9.90. The number of rotatable bonds is 6. The molecule has 2 aliphatic heterocycles. The SMILES string of the molecule is O=C(COCc1ccccc1)N1CCCO[C@@H](CN2CCCCC2)C1. The molecule has 2 aliphatic rings. The van der Waals surface area contributed by atoms with Gasteiger partial charge in [-0.3, -0.25) is 4.79 Å². The number of carbonyl (C=O) groups is 1. The highest BCUT2D eigenvalue weighted by Gasteiger charge is 2.24. The van der Waals surface area contributed by atoms with E-state index in [1.807, 2.05) is 35.2 Å². The van der Waals surface area contributed by atoms with Crippen molar-refractivity contribution >= 4 is 5.91 Å². The van der Waals surface area contributed by atoms with Gasteiger partial charge in [-0.15, -0.1) is 0 Å². The number of hydrogen-bond donors (Lipinski definition) is 0. The normalized spacial score (nSPS) is 22.6. The Balaban J connectivity index is 1.43. The summed E-state index contributed by atoms with van der Waals surface area (Å²) in [7, 11) is 0. The average molecular weight is 346 g/mol. The van der Waals surface area contributed by atoms with Crippen LogP contribution in [-0.4, -0.2) is 67.7 Å². The lowest BCUT2D eigenvalue weighted by molar-refractivity contribution is -0.137.